The fourth-order valence-electron chi connectivity index (χ4n) is 2.59. The molecule has 0 aromatic heterocycles. The second-order valence-electron chi connectivity index (χ2n) is 4.87. The second-order valence-corrected chi connectivity index (χ2v) is 4.87. The first-order chi connectivity index (χ1) is 7.86. The molecule has 0 bridgehead atoms. The summed E-state index contributed by atoms with van der Waals surface area (Å²) >= 11 is 0. The standard InChI is InChI=1S/C12H24N2O2/c15-12-4-1-3-11(12)13-5-2-6-14-7-9-16-10-8-14/h11-13,15H,1-10H2/t11-,12-/m1/s1. The van der Waals surface area contributed by atoms with Gasteiger partial charge in [-0.3, -0.25) is 4.90 Å². The minimum atomic E-state index is -0.108. The van der Waals surface area contributed by atoms with Gasteiger partial charge in [-0.15, -0.1) is 0 Å². The summed E-state index contributed by atoms with van der Waals surface area (Å²) in [6.07, 6.45) is 4.34. The van der Waals surface area contributed by atoms with Crippen LogP contribution in [0.5, 0.6) is 0 Å². The van der Waals surface area contributed by atoms with Crippen molar-refractivity contribution in [3.63, 3.8) is 0 Å². The minimum Gasteiger partial charge on any atom is -0.392 e. The number of nitrogens with zero attached hydrogens (tertiary/aromatic N) is 1. The first kappa shape index (κ1) is 12.3. The average molecular weight is 228 g/mol. The number of aliphatic hydroxyl groups is 1. The third-order valence-electron chi connectivity index (χ3n) is 3.64. The van der Waals surface area contributed by atoms with Gasteiger partial charge in [-0.1, -0.05) is 0 Å². The van der Waals surface area contributed by atoms with Gasteiger partial charge in [-0.2, -0.15) is 0 Å². The summed E-state index contributed by atoms with van der Waals surface area (Å²) in [4.78, 5) is 2.45. The minimum absolute atomic E-state index is 0.108. The molecule has 0 unspecified atom stereocenters. The van der Waals surface area contributed by atoms with Crippen molar-refractivity contribution in [3.05, 3.63) is 0 Å². The number of hydrogen-bond acceptors (Lipinski definition) is 4. The Balaban J connectivity index is 1.51. The van der Waals surface area contributed by atoms with E-state index >= 15 is 0 Å². The van der Waals surface area contributed by atoms with Gasteiger partial charge in [0.25, 0.3) is 0 Å². The molecule has 94 valence electrons. The summed E-state index contributed by atoms with van der Waals surface area (Å²) in [6.45, 7) is 6.10. The van der Waals surface area contributed by atoms with E-state index in [4.69, 9.17) is 4.74 Å². The van der Waals surface area contributed by atoms with Crippen LogP contribution in [0.4, 0.5) is 0 Å². The largest absolute Gasteiger partial charge is 0.392 e. The van der Waals surface area contributed by atoms with Crippen LogP contribution in [0, 0.1) is 0 Å². The lowest BCUT2D eigenvalue weighted by molar-refractivity contribution is 0.0372. The third kappa shape index (κ3) is 3.70. The molecular weight excluding hydrogens is 204 g/mol. The van der Waals surface area contributed by atoms with Crippen molar-refractivity contribution in [1.82, 2.24) is 10.2 Å². The van der Waals surface area contributed by atoms with Gasteiger partial charge in [-0.05, 0) is 38.8 Å². The van der Waals surface area contributed by atoms with Crippen LogP contribution in [0.1, 0.15) is 25.7 Å². The zero-order valence-electron chi connectivity index (χ0n) is 10.0. The fourth-order valence-corrected chi connectivity index (χ4v) is 2.59. The highest BCUT2D eigenvalue weighted by Crippen LogP contribution is 2.18. The zero-order valence-corrected chi connectivity index (χ0v) is 10.0. The average Bonchev–Trinajstić information content (AvgIpc) is 2.72. The van der Waals surface area contributed by atoms with Gasteiger partial charge >= 0.3 is 0 Å². The van der Waals surface area contributed by atoms with Gasteiger partial charge in [-0.25, -0.2) is 0 Å². The lowest BCUT2D eigenvalue weighted by Gasteiger charge is -2.26. The maximum Gasteiger partial charge on any atom is 0.0693 e. The van der Waals surface area contributed by atoms with Gasteiger partial charge in [0.15, 0.2) is 0 Å². The van der Waals surface area contributed by atoms with E-state index in [2.05, 4.69) is 10.2 Å². The van der Waals surface area contributed by atoms with E-state index in [0.29, 0.717) is 6.04 Å². The molecule has 2 fully saturated rings. The number of nitrogens with one attached hydrogen (secondary N) is 1. The molecule has 2 rings (SSSR count). The van der Waals surface area contributed by atoms with Crippen molar-refractivity contribution >= 4 is 0 Å². The summed E-state index contributed by atoms with van der Waals surface area (Å²) in [5.74, 6) is 0. The zero-order chi connectivity index (χ0) is 11.2. The molecule has 1 aliphatic heterocycles. The molecule has 4 nitrogen and oxygen atoms in total. The quantitative estimate of drug-likeness (QED) is 0.660. The Bertz CT molecular complexity index is 195. The molecule has 0 spiro atoms. The molecule has 1 aliphatic carbocycles. The van der Waals surface area contributed by atoms with E-state index in [1.165, 1.54) is 12.8 Å². The van der Waals surface area contributed by atoms with Crippen molar-refractivity contribution in [2.24, 2.45) is 0 Å². The van der Waals surface area contributed by atoms with Crippen LogP contribution in [0.2, 0.25) is 0 Å². The SMILES string of the molecule is O[C@@H]1CCC[C@H]1NCCCN1CCOCC1. The molecule has 1 heterocycles. The second kappa shape index (κ2) is 6.55. The summed E-state index contributed by atoms with van der Waals surface area (Å²) < 4.78 is 5.31. The molecule has 1 saturated heterocycles. The van der Waals surface area contributed by atoms with Crippen LogP contribution in [0.15, 0.2) is 0 Å². The molecular formula is C12H24N2O2. The summed E-state index contributed by atoms with van der Waals surface area (Å²) in [6, 6.07) is 0.352. The molecule has 4 heteroatoms. The molecule has 2 N–H and O–H groups in total. The summed E-state index contributed by atoms with van der Waals surface area (Å²) in [7, 11) is 0. The normalized spacial score (nSPS) is 32.1. The van der Waals surface area contributed by atoms with Gasteiger partial charge in [0.2, 0.25) is 0 Å². The third-order valence-corrected chi connectivity index (χ3v) is 3.64. The van der Waals surface area contributed by atoms with Gasteiger partial charge in [0.1, 0.15) is 0 Å². The topological polar surface area (TPSA) is 44.7 Å². The Hall–Kier alpha value is -0.160. The Morgan fingerprint density at radius 2 is 2.06 bits per heavy atom. The van der Waals surface area contributed by atoms with Gasteiger partial charge in [0.05, 0.1) is 19.3 Å². The maximum absolute atomic E-state index is 9.65. The van der Waals surface area contributed by atoms with Crippen molar-refractivity contribution in [2.75, 3.05) is 39.4 Å². The molecule has 0 aromatic rings. The van der Waals surface area contributed by atoms with Crippen molar-refractivity contribution in [3.8, 4) is 0 Å². The Morgan fingerprint density at radius 3 is 2.75 bits per heavy atom. The molecule has 2 aliphatic rings. The summed E-state index contributed by atoms with van der Waals surface area (Å²) in [5, 5.41) is 13.1. The smallest absolute Gasteiger partial charge is 0.0693 e. The number of rotatable bonds is 5. The molecule has 1 saturated carbocycles. The van der Waals surface area contributed by atoms with Crippen LogP contribution in [-0.2, 0) is 4.74 Å². The van der Waals surface area contributed by atoms with Crippen LogP contribution in [0.25, 0.3) is 0 Å². The monoisotopic (exact) mass is 228 g/mol. The number of hydrogen-bond donors (Lipinski definition) is 2. The van der Waals surface area contributed by atoms with Gasteiger partial charge < -0.3 is 15.2 Å². The first-order valence-electron chi connectivity index (χ1n) is 6.58. The predicted molar refractivity (Wildman–Crippen MR) is 63.5 cm³/mol. The highest BCUT2D eigenvalue weighted by molar-refractivity contribution is 4.82. The molecule has 0 amide bonds. The van der Waals surface area contributed by atoms with E-state index in [-0.39, 0.29) is 6.10 Å². The predicted octanol–water partition coefficient (Wildman–Crippen LogP) is 0.212. The van der Waals surface area contributed by atoms with Gasteiger partial charge in [0, 0.05) is 19.1 Å². The summed E-state index contributed by atoms with van der Waals surface area (Å²) in [5.41, 5.74) is 0. The van der Waals surface area contributed by atoms with Crippen LogP contribution < -0.4 is 5.32 Å². The van der Waals surface area contributed by atoms with E-state index in [9.17, 15) is 5.11 Å². The van der Waals surface area contributed by atoms with E-state index in [1.54, 1.807) is 0 Å². The highest BCUT2D eigenvalue weighted by atomic mass is 16.5. The first-order valence-corrected chi connectivity index (χ1v) is 6.58. The molecule has 2 atom stereocenters. The van der Waals surface area contributed by atoms with Crippen molar-refractivity contribution in [2.45, 2.75) is 37.8 Å². The van der Waals surface area contributed by atoms with Crippen molar-refractivity contribution < 1.29 is 9.84 Å². The Morgan fingerprint density at radius 1 is 1.25 bits per heavy atom. The number of morpholine rings is 1. The van der Waals surface area contributed by atoms with E-state index in [1.807, 2.05) is 0 Å². The Kier molecular flexibility index (Phi) is 5.03. The lowest BCUT2D eigenvalue weighted by atomic mass is 10.2. The number of aliphatic hydroxyl groups excluding tert-OH is 1. The van der Waals surface area contributed by atoms with Crippen molar-refractivity contribution in [1.29, 1.82) is 0 Å². The van der Waals surface area contributed by atoms with E-state index in [0.717, 1.165) is 52.2 Å². The molecule has 16 heavy (non-hydrogen) atoms. The highest BCUT2D eigenvalue weighted by Gasteiger charge is 2.24. The molecule has 0 aromatic carbocycles. The lowest BCUT2D eigenvalue weighted by Crippen LogP contribution is -2.40. The van der Waals surface area contributed by atoms with Crippen LogP contribution in [0.3, 0.4) is 0 Å². The van der Waals surface area contributed by atoms with Crippen LogP contribution >= 0.6 is 0 Å². The maximum atomic E-state index is 9.65. The van der Waals surface area contributed by atoms with E-state index < -0.39 is 0 Å². The van der Waals surface area contributed by atoms with Crippen LogP contribution in [-0.4, -0.2) is 61.5 Å². The number of ether oxygens (including phenoxy) is 1. The fraction of sp³-hybridized carbons (Fsp3) is 1.00. The molecule has 0 radical (unpaired) electrons. The Labute approximate surface area is 98.0 Å².